The first kappa shape index (κ1) is 67.6. The molecular formula is C63H123NO5. The molecule has 2 atom stereocenters. The highest BCUT2D eigenvalue weighted by molar-refractivity contribution is 5.76. The Morgan fingerprint density at radius 2 is 0.681 bits per heavy atom. The highest BCUT2D eigenvalue weighted by atomic mass is 16.5. The molecule has 1 amide bonds. The summed E-state index contributed by atoms with van der Waals surface area (Å²) in [5, 5.41) is 23.1. The predicted molar refractivity (Wildman–Crippen MR) is 301 cm³/mol. The molecule has 0 saturated carbocycles. The molecule has 0 aliphatic carbocycles. The molecule has 2 unspecified atom stereocenters. The molecule has 410 valence electrons. The lowest BCUT2D eigenvalue weighted by Gasteiger charge is -2.22. The van der Waals surface area contributed by atoms with Crippen molar-refractivity contribution in [2.75, 3.05) is 13.2 Å². The van der Waals surface area contributed by atoms with Crippen LogP contribution in [0.2, 0.25) is 0 Å². The SMILES string of the molecule is CCCCCCC/C=C\CCCCCCCC(=O)OCCCCCCCCCCCCCCCCCCCCCCCCCCCCCCCC(=O)NC(CO)C(O)CCCCCCCCCCC. The fraction of sp³-hybridized carbons (Fsp3) is 0.937. The van der Waals surface area contributed by atoms with Gasteiger partial charge in [0.05, 0.1) is 25.4 Å². The monoisotopic (exact) mass is 974 g/mol. The lowest BCUT2D eigenvalue weighted by atomic mass is 10.0. The summed E-state index contributed by atoms with van der Waals surface area (Å²) < 4.78 is 5.48. The van der Waals surface area contributed by atoms with Crippen LogP contribution in [0.5, 0.6) is 0 Å². The van der Waals surface area contributed by atoms with Gasteiger partial charge < -0.3 is 20.3 Å². The number of rotatable bonds is 59. The van der Waals surface area contributed by atoms with Crippen LogP contribution in [-0.2, 0) is 14.3 Å². The quantitative estimate of drug-likeness (QED) is 0.0321. The van der Waals surface area contributed by atoms with Crippen molar-refractivity contribution < 1.29 is 24.5 Å². The fourth-order valence-corrected chi connectivity index (χ4v) is 9.99. The van der Waals surface area contributed by atoms with Gasteiger partial charge in [0, 0.05) is 12.8 Å². The number of carbonyl (C=O) groups is 2. The van der Waals surface area contributed by atoms with Gasteiger partial charge in [-0.15, -0.1) is 0 Å². The summed E-state index contributed by atoms with van der Waals surface area (Å²) >= 11 is 0. The average molecular weight is 975 g/mol. The Bertz CT molecular complexity index is 1030. The molecule has 3 N–H and O–H groups in total. The van der Waals surface area contributed by atoms with E-state index in [1.165, 1.54) is 276 Å². The summed E-state index contributed by atoms with van der Waals surface area (Å²) in [5.41, 5.74) is 0. The molecule has 0 fully saturated rings. The molecule has 69 heavy (non-hydrogen) atoms. The molecular weight excluding hydrogens is 851 g/mol. The van der Waals surface area contributed by atoms with Gasteiger partial charge in [0.15, 0.2) is 0 Å². The number of amides is 1. The Balaban J connectivity index is 3.30. The van der Waals surface area contributed by atoms with Gasteiger partial charge in [0.2, 0.25) is 5.91 Å². The van der Waals surface area contributed by atoms with E-state index in [1.54, 1.807) is 0 Å². The molecule has 0 aromatic rings. The topological polar surface area (TPSA) is 95.9 Å². The molecule has 0 radical (unpaired) electrons. The van der Waals surface area contributed by atoms with Crippen LogP contribution in [0, 0.1) is 0 Å². The largest absolute Gasteiger partial charge is 0.466 e. The minimum Gasteiger partial charge on any atom is -0.466 e. The van der Waals surface area contributed by atoms with Crippen LogP contribution in [-0.4, -0.2) is 47.4 Å². The van der Waals surface area contributed by atoms with Crippen LogP contribution >= 0.6 is 0 Å². The first-order valence-electron chi connectivity index (χ1n) is 31.4. The Labute approximate surface area is 431 Å². The highest BCUT2D eigenvalue weighted by Crippen LogP contribution is 2.18. The minimum absolute atomic E-state index is 0.0113. The summed E-state index contributed by atoms with van der Waals surface area (Å²) in [6.45, 7) is 4.94. The number of unbranched alkanes of at least 4 members (excludes halogenated alkanes) is 46. The number of carbonyl (C=O) groups excluding carboxylic acids is 2. The second kappa shape index (κ2) is 59.2. The Morgan fingerprint density at radius 3 is 1.03 bits per heavy atom. The van der Waals surface area contributed by atoms with E-state index in [0.717, 1.165) is 44.9 Å². The van der Waals surface area contributed by atoms with E-state index in [2.05, 4.69) is 31.3 Å². The molecule has 0 saturated heterocycles. The van der Waals surface area contributed by atoms with E-state index in [-0.39, 0.29) is 18.5 Å². The number of esters is 1. The Hall–Kier alpha value is -1.40. The van der Waals surface area contributed by atoms with E-state index in [1.807, 2.05) is 0 Å². The summed E-state index contributed by atoms with van der Waals surface area (Å²) in [6, 6.07) is -0.535. The molecule has 6 nitrogen and oxygen atoms in total. The lowest BCUT2D eigenvalue weighted by Crippen LogP contribution is -2.45. The summed E-state index contributed by atoms with van der Waals surface area (Å²) in [5.74, 6) is -0.0211. The Kier molecular flexibility index (Phi) is 58.0. The number of aliphatic hydroxyl groups excluding tert-OH is 2. The third kappa shape index (κ3) is 55.8. The van der Waals surface area contributed by atoms with Crippen molar-refractivity contribution >= 4 is 11.9 Å². The minimum atomic E-state index is -0.658. The van der Waals surface area contributed by atoms with E-state index in [4.69, 9.17) is 4.74 Å². The molecule has 6 heteroatoms. The zero-order valence-corrected chi connectivity index (χ0v) is 46.8. The van der Waals surface area contributed by atoms with Crippen LogP contribution in [0.1, 0.15) is 354 Å². The van der Waals surface area contributed by atoms with Gasteiger partial charge >= 0.3 is 5.97 Å². The smallest absolute Gasteiger partial charge is 0.305 e. The van der Waals surface area contributed by atoms with Gasteiger partial charge in [-0.05, 0) is 51.4 Å². The van der Waals surface area contributed by atoms with Gasteiger partial charge in [-0.2, -0.15) is 0 Å². The summed E-state index contributed by atoms with van der Waals surface area (Å²) in [7, 11) is 0. The van der Waals surface area contributed by atoms with Crippen molar-refractivity contribution in [3.63, 3.8) is 0 Å². The molecule has 0 aromatic carbocycles. The fourth-order valence-electron chi connectivity index (χ4n) is 9.99. The number of nitrogens with one attached hydrogen (secondary N) is 1. The number of ether oxygens (including phenoxy) is 1. The van der Waals surface area contributed by atoms with Gasteiger partial charge in [0.1, 0.15) is 0 Å². The first-order chi connectivity index (χ1) is 34.0. The van der Waals surface area contributed by atoms with E-state index < -0.39 is 12.1 Å². The number of hydrogen-bond donors (Lipinski definition) is 3. The average Bonchev–Trinajstić information content (AvgIpc) is 3.35. The number of aliphatic hydroxyl groups is 2. The maximum absolute atomic E-state index is 12.4. The molecule has 0 aliphatic rings. The highest BCUT2D eigenvalue weighted by Gasteiger charge is 2.20. The first-order valence-corrected chi connectivity index (χ1v) is 31.4. The third-order valence-corrected chi connectivity index (χ3v) is 14.8. The van der Waals surface area contributed by atoms with Crippen molar-refractivity contribution in [1.82, 2.24) is 5.32 Å². The maximum atomic E-state index is 12.4. The van der Waals surface area contributed by atoms with E-state index in [0.29, 0.717) is 25.9 Å². The van der Waals surface area contributed by atoms with Crippen molar-refractivity contribution in [3.05, 3.63) is 12.2 Å². The van der Waals surface area contributed by atoms with Crippen LogP contribution in [0.3, 0.4) is 0 Å². The molecule has 0 rings (SSSR count). The van der Waals surface area contributed by atoms with Gasteiger partial charge in [-0.1, -0.05) is 302 Å². The number of hydrogen-bond acceptors (Lipinski definition) is 5. The standard InChI is InChI=1S/C63H123NO5/c1-3-5-7-9-11-13-14-15-34-37-41-45-49-53-57-63(68)69-58-54-50-46-42-38-35-32-30-28-26-24-22-20-18-16-17-19-21-23-25-27-29-31-33-36-40-44-48-52-56-62(67)64-60(59-65)61(66)55-51-47-43-39-12-10-8-6-4-2/h14-15,60-61,65-66H,3-13,16-59H2,1-2H3,(H,64,67)/b15-14-. The summed E-state index contributed by atoms with van der Waals surface area (Å²) in [6.07, 6.45) is 71.1. The van der Waals surface area contributed by atoms with Crippen molar-refractivity contribution in [1.29, 1.82) is 0 Å². The van der Waals surface area contributed by atoms with Crippen molar-refractivity contribution in [2.45, 2.75) is 366 Å². The van der Waals surface area contributed by atoms with E-state index in [9.17, 15) is 19.8 Å². The second-order valence-corrected chi connectivity index (χ2v) is 21.7. The molecule has 0 bridgehead atoms. The molecule has 0 heterocycles. The molecule has 0 aliphatic heterocycles. The van der Waals surface area contributed by atoms with E-state index >= 15 is 0 Å². The van der Waals surface area contributed by atoms with Gasteiger partial charge in [-0.3, -0.25) is 9.59 Å². The molecule has 0 aromatic heterocycles. The van der Waals surface area contributed by atoms with Crippen LogP contribution in [0.15, 0.2) is 12.2 Å². The zero-order valence-electron chi connectivity index (χ0n) is 46.8. The second-order valence-electron chi connectivity index (χ2n) is 21.7. The van der Waals surface area contributed by atoms with Gasteiger partial charge in [-0.25, -0.2) is 0 Å². The van der Waals surface area contributed by atoms with Gasteiger partial charge in [0.25, 0.3) is 0 Å². The predicted octanol–water partition coefficient (Wildman–Crippen LogP) is 19.6. The van der Waals surface area contributed by atoms with Crippen LogP contribution in [0.4, 0.5) is 0 Å². The normalized spacial score (nSPS) is 12.6. The van der Waals surface area contributed by atoms with Crippen LogP contribution in [0.25, 0.3) is 0 Å². The van der Waals surface area contributed by atoms with Crippen molar-refractivity contribution in [3.8, 4) is 0 Å². The lowest BCUT2D eigenvalue weighted by molar-refractivity contribution is -0.143. The zero-order chi connectivity index (χ0) is 50.0. The van der Waals surface area contributed by atoms with Crippen molar-refractivity contribution in [2.24, 2.45) is 0 Å². The van der Waals surface area contributed by atoms with Crippen LogP contribution < -0.4 is 5.32 Å². The maximum Gasteiger partial charge on any atom is 0.305 e. The summed E-state index contributed by atoms with van der Waals surface area (Å²) in [4.78, 5) is 24.5. The Morgan fingerprint density at radius 1 is 0.391 bits per heavy atom. The molecule has 0 spiro atoms. The third-order valence-electron chi connectivity index (χ3n) is 14.8. The number of allylic oxidation sites excluding steroid dienone is 2.